The number of ether oxygens (including phenoxy) is 3. The Morgan fingerprint density at radius 1 is 1.09 bits per heavy atom. The van der Waals surface area contributed by atoms with Gasteiger partial charge in [-0.05, 0) is 48.9 Å². The molecule has 1 N–H and O–H groups in total. The Bertz CT molecular complexity index is 1140. The number of anilines is 1. The quantitative estimate of drug-likeness (QED) is 0.364. The van der Waals surface area contributed by atoms with Gasteiger partial charge in [-0.15, -0.1) is 11.3 Å². The third kappa shape index (κ3) is 5.33. The van der Waals surface area contributed by atoms with Gasteiger partial charge in [-0.2, -0.15) is 0 Å². The number of carbonyl (C=O) groups is 2. The molecule has 3 rings (SSSR count). The SMILES string of the molecule is CCOC(=O)c1c(-c2ccc(F)cc2)csc1NC(=O)/C=C/c1cc(OC)ccc1OC. The van der Waals surface area contributed by atoms with Crippen LogP contribution in [0.3, 0.4) is 0 Å². The van der Waals surface area contributed by atoms with Gasteiger partial charge in [0.25, 0.3) is 0 Å². The Kier molecular flexibility index (Phi) is 7.62. The van der Waals surface area contributed by atoms with Crippen LogP contribution in [0.1, 0.15) is 22.8 Å². The summed E-state index contributed by atoms with van der Waals surface area (Å²) in [6.07, 6.45) is 2.93. The van der Waals surface area contributed by atoms with Crippen molar-refractivity contribution in [2.45, 2.75) is 6.92 Å². The molecule has 0 radical (unpaired) electrons. The smallest absolute Gasteiger partial charge is 0.341 e. The average molecular weight is 456 g/mol. The molecule has 0 aliphatic carbocycles. The van der Waals surface area contributed by atoms with Gasteiger partial charge < -0.3 is 19.5 Å². The fourth-order valence-electron chi connectivity index (χ4n) is 2.99. The number of nitrogens with one attached hydrogen (secondary N) is 1. The van der Waals surface area contributed by atoms with Crippen LogP contribution in [0.2, 0.25) is 0 Å². The maximum atomic E-state index is 13.3. The van der Waals surface area contributed by atoms with E-state index in [9.17, 15) is 14.0 Å². The van der Waals surface area contributed by atoms with Gasteiger partial charge in [-0.1, -0.05) is 12.1 Å². The molecule has 0 aliphatic heterocycles. The molecule has 32 heavy (non-hydrogen) atoms. The summed E-state index contributed by atoms with van der Waals surface area (Å²) in [6, 6.07) is 11.0. The summed E-state index contributed by atoms with van der Waals surface area (Å²) >= 11 is 1.19. The molecule has 3 aromatic rings. The highest BCUT2D eigenvalue weighted by Gasteiger charge is 2.22. The van der Waals surface area contributed by atoms with Crippen LogP contribution >= 0.6 is 11.3 Å². The van der Waals surface area contributed by atoms with Crippen molar-refractivity contribution in [2.75, 3.05) is 26.1 Å². The molecule has 166 valence electrons. The van der Waals surface area contributed by atoms with Crippen molar-refractivity contribution in [2.24, 2.45) is 0 Å². The van der Waals surface area contributed by atoms with Gasteiger partial charge >= 0.3 is 5.97 Å². The first-order chi connectivity index (χ1) is 15.5. The number of hydrogen-bond acceptors (Lipinski definition) is 6. The van der Waals surface area contributed by atoms with E-state index in [2.05, 4.69) is 5.32 Å². The third-order valence-corrected chi connectivity index (χ3v) is 5.41. The molecular weight excluding hydrogens is 433 g/mol. The van der Waals surface area contributed by atoms with Gasteiger partial charge in [0.1, 0.15) is 27.9 Å². The molecule has 0 aliphatic rings. The summed E-state index contributed by atoms with van der Waals surface area (Å²) in [7, 11) is 3.09. The fourth-order valence-corrected chi connectivity index (χ4v) is 3.95. The number of amides is 1. The Morgan fingerprint density at radius 3 is 2.50 bits per heavy atom. The molecule has 1 aromatic heterocycles. The van der Waals surface area contributed by atoms with Crippen LogP contribution in [0.25, 0.3) is 17.2 Å². The normalized spacial score (nSPS) is 10.8. The van der Waals surface area contributed by atoms with E-state index in [-0.39, 0.29) is 18.0 Å². The lowest BCUT2D eigenvalue weighted by Crippen LogP contribution is -2.12. The van der Waals surface area contributed by atoms with Gasteiger partial charge in [0, 0.05) is 22.6 Å². The minimum atomic E-state index is -0.568. The van der Waals surface area contributed by atoms with E-state index in [1.54, 1.807) is 55.8 Å². The van der Waals surface area contributed by atoms with Crippen molar-refractivity contribution in [3.8, 4) is 22.6 Å². The molecule has 0 atom stereocenters. The zero-order valence-corrected chi connectivity index (χ0v) is 18.6. The first kappa shape index (κ1) is 23.0. The number of hydrogen-bond donors (Lipinski definition) is 1. The van der Waals surface area contributed by atoms with Crippen LogP contribution in [0.4, 0.5) is 9.39 Å². The number of rotatable bonds is 8. The Labute approximate surface area is 189 Å². The zero-order valence-electron chi connectivity index (χ0n) is 17.8. The molecule has 0 bridgehead atoms. The average Bonchev–Trinajstić information content (AvgIpc) is 3.21. The highest BCUT2D eigenvalue weighted by atomic mass is 32.1. The number of thiophene rings is 1. The first-order valence-corrected chi connectivity index (χ1v) is 10.6. The van der Waals surface area contributed by atoms with E-state index in [0.29, 0.717) is 33.2 Å². The van der Waals surface area contributed by atoms with Gasteiger partial charge in [0.2, 0.25) is 5.91 Å². The van der Waals surface area contributed by atoms with E-state index >= 15 is 0 Å². The monoisotopic (exact) mass is 455 g/mol. The van der Waals surface area contributed by atoms with Crippen molar-refractivity contribution in [1.82, 2.24) is 0 Å². The second kappa shape index (κ2) is 10.6. The fraction of sp³-hybridized carbons (Fsp3) is 0.167. The van der Waals surface area contributed by atoms with Crippen molar-refractivity contribution in [1.29, 1.82) is 0 Å². The number of methoxy groups -OCH3 is 2. The van der Waals surface area contributed by atoms with E-state index in [1.165, 1.54) is 36.7 Å². The maximum absolute atomic E-state index is 13.3. The second-order valence-electron chi connectivity index (χ2n) is 6.51. The maximum Gasteiger partial charge on any atom is 0.341 e. The highest BCUT2D eigenvalue weighted by Crippen LogP contribution is 2.36. The Hall–Kier alpha value is -3.65. The lowest BCUT2D eigenvalue weighted by molar-refractivity contribution is -0.111. The largest absolute Gasteiger partial charge is 0.497 e. The summed E-state index contributed by atoms with van der Waals surface area (Å²) in [5, 5.41) is 4.80. The third-order valence-electron chi connectivity index (χ3n) is 4.51. The number of benzene rings is 2. The topological polar surface area (TPSA) is 73.9 Å². The minimum absolute atomic E-state index is 0.181. The van der Waals surface area contributed by atoms with Crippen LogP contribution in [-0.2, 0) is 9.53 Å². The van der Waals surface area contributed by atoms with Gasteiger partial charge in [-0.3, -0.25) is 4.79 Å². The Balaban J connectivity index is 1.88. The summed E-state index contributed by atoms with van der Waals surface area (Å²) in [5.74, 6) is -0.183. The molecule has 0 fully saturated rings. The van der Waals surface area contributed by atoms with E-state index in [4.69, 9.17) is 14.2 Å². The first-order valence-electron chi connectivity index (χ1n) is 9.72. The molecule has 1 heterocycles. The van der Waals surface area contributed by atoms with Crippen LogP contribution in [0.15, 0.2) is 53.9 Å². The zero-order chi connectivity index (χ0) is 23.1. The molecule has 0 saturated carbocycles. The van der Waals surface area contributed by atoms with Gasteiger partial charge in [0.05, 0.1) is 20.8 Å². The lowest BCUT2D eigenvalue weighted by Gasteiger charge is -2.08. The molecule has 0 saturated heterocycles. The van der Waals surface area contributed by atoms with E-state index in [0.717, 1.165) is 0 Å². The summed E-state index contributed by atoms with van der Waals surface area (Å²) in [6.45, 7) is 1.88. The van der Waals surface area contributed by atoms with Crippen molar-refractivity contribution < 1.29 is 28.2 Å². The summed E-state index contributed by atoms with van der Waals surface area (Å²) in [4.78, 5) is 25.2. The van der Waals surface area contributed by atoms with Crippen molar-refractivity contribution >= 4 is 34.3 Å². The summed E-state index contributed by atoms with van der Waals surface area (Å²) < 4.78 is 29.0. The van der Waals surface area contributed by atoms with Crippen LogP contribution < -0.4 is 14.8 Å². The molecule has 0 spiro atoms. The van der Waals surface area contributed by atoms with Crippen molar-refractivity contribution in [3.63, 3.8) is 0 Å². The molecule has 8 heteroatoms. The number of carbonyl (C=O) groups excluding carboxylic acids is 2. The highest BCUT2D eigenvalue weighted by molar-refractivity contribution is 7.15. The standard InChI is InChI=1S/C24H22FNO5S/c1-4-31-24(28)22-19(15-5-8-17(25)9-6-15)14-32-23(22)26-21(27)12-7-16-13-18(29-2)10-11-20(16)30-3/h5-14H,4H2,1-3H3,(H,26,27)/b12-7+. The lowest BCUT2D eigenvalue weighted by atomic mass is 10.0. The van der Waals surface area contributed by atoms with E-state index in [1.807, 2.05) is 0 Å². The second-order valence-corrected chi connectivity index (χ2v) is 7.39. The summed E-state index contributed by atoms with van der Waals surface area (Å²) in [5.41, 5.74) is 2.08. The van der Waals surface area contributed by atoms with Crippen molar-refractivity contribution in [3.05, 3.63) is 70.9 Å². The minimum Gasteiger partial charge on any atom is -0.497 e. The predicted octanol–water partition coefficient (Wildman–Crippen LogP) is 5.40. The molecule has 2 aromatic carbocycles. The predicted molar refractivity (Wildman–Crippen MR) is 123 cm³/mol. The van der Waals surface area contributed by atoms with E-state index < -0.39 is 11.9 Å². The molecule has 1 amide bonds. The Morgan fingerprint density at radius 2 is 1.84 bits per heavy atom. The van der Waals surface area contributed by atoms with Crippen LogP contribution in [0, 0.1) is 5.82 Å². The molecule has 0 unspecified atom stereocenters. The molecule has 6 nitrogen and oxygen atoms in total. The number of esters is 1. The molecular formula is C24H22FNO5S. The van der Waals surface area contributed by atoms with Crippen LogP contribution in [-0.4, -0.2) is 32.7 Å². The number of halogens is 1. The van der Waals surface area contributed by atoms with Crippen LogP contribution in [0.5, 0.6) is 11.5 Å². The van der Waals surface area contributed by atoms with Gasteiger partial charge in [-0.25, -0.2) is 9.18 Å². The van der Waals surface area contributed by atoms with Gasteiger partial charge in [0.15, 0.2) is 0 Å².